The van der Waals surface area contributed by atoms with Gasteiger partial charge in [0.1, 0.15) is 11.5 Å². The van der Waals surface area contributed by atoms with Crippen LogP contribution in [0.1, 0.15) is 44.9 Å². The van der Waals surface area contributed by atoms with Gasteiger partial charge in [0.15, 0.2) is 5.69 Å². The van der Waals surface area contributed by atoms with Gasteiger partial charge in [-0.3, -0.25) is 14.8 Å². The molecule has 0 aliphatic carbocycles. The van der Waals surface area contributed by atoms with Crippen LogP contribution in [0.5, 0.6) is 11.5 Å². The number of thiophene rings is 1. The van der Waals surface area contributed by atoms with Gasteiger partial charge in [0.2, 0.25) is 0 Å². The summed E-state index contributed by atoms with van der Waals surface area (Å²) in [5.74, 6) is 0.576. The number of methoxy groups -OCH3 is 2. The molecule has 3 heterocycles. The highest BCUT2D eigenvalue weighted by Crippen LogP contribution is 2.48. The van der Waals surface area contributed by atoms with Gasteiger partial charge in [-0.15, -0.1) is 11.3 Å². The zero-order valence-electron chi connectivity index (χ0n) is 19.4. The molecule has 1 amide bonds. The highest BCUT2D eigenvalue weighted by molar-refractivity contribution is 7.13. The summed E-state index contributed by atoms with van der Waals surface area (Å²) in [6, 6.07) is 15.8. The topological polar surface area (TPSA) is 93.8 Å². The van der Waals surface area contributed by atoms with Crippen molar-refractivity contribution >= 4 is 28.9 Å². The zero-order valence-corrected chi connectivity index (χ0v) is 20.2. The minimum atomic E-state index is -0.511. The first-order valence-corrected chi connectivity index (χ1v) is 11.9. The van der Waals surface area contributed by atoms with E-state index in [0.29, 0.717) is 28.4 Å². The predicted octanol–water partition coefficient (Wildman–Crippen LogP) is 5.08. The summed E-state index contributed by atoms with van der Waals surface area (Å²) in [6.07, 6.45) is 0. The Hall–Kier alpha value is -4.11. The molecule has 0 spiro atoms. The van der Waals surface area contributed by atoms with E-state index in [9.17, 15) is 9.59 Å². The SMILES string of the molecule is CCOC(=O)c1ccc(N2C(=O)c3n[nH]c(-c4cccs4)c3[C@H]2c2ccc(OC)cc2OC)cc1. The monoisotopic (exact) mass is 489 g/mol. The van der Waals surface area contributed by atoms with Gasteiger partial charge in [-0.05, 0) is 54.8 Å². The molecule has 1 N–H and O–H groups in total. The number of hydrogen-bond donors (Lipinski definition) is 1. The minimum absolute atomic E-state index is 0.245. The molecule has 1 aliphatic heterocycles. The summed E-state index contributed by atoms with van der Waals surface area (Å²) in [5, 5.41) is 9.44. The average molecular weight is 490 g/mol. The van der Waals surface area contributed by atoms with Crippen LogP contribution >= 0.6 is 11.3 Å². The predicted molar refractivity (Wildman–Crippen MR) is 132 cm³/mol. The molecule has 5 rings (SSSR count). The standard InChI is InChI=1S/C26H23N3O5S/c1-4-34-26(31)15-7-9-16(10-8-15)29-24(18-12-11-17(32-2)14-19(18)33-3)21-22(20-6-5-13-35-20)27-28-23(21)25(29)30/h5-14,24H,4H2,1-3H3,(H,27,28)/t24-/m1/s1. The summed E-state index contributed by atoms with van der Waals surface area (Å²) in [4.78, 5) is 28.5. The van der Waals surface area contributed by atoms with E-state index in [2.05, 4.69) is 10.2 Å². The molecule has 178 valence electrons. The molecule has 0 saturated carbocycles. The molecule has 1 atom stereocenters. The molecule has 0 radical (unpaired) electrons. The number of aromatic nitrogens is 2. The molecule has 2 aromatic heterocycles. The molecule has 2 aromatic carbocycles. The molecule has 0 unspecified atom stereocenters. The second kappa shape index (κ2) is 9.27. The summed E-state index contributed by atoms with van der Waals surface area (Å²) < 4.78 is 16.2. The molecule has 8 nitrogen and oxygen atoms in total. The number of esters is 1. The van der Waals surface area contributed by atoms with Crippen molar-refractivity contribution in [2.75, 3.05) is 25.7 Å². The number of nitrogens with one attached hydrogen (secondary N) is 1. The lowest BCUT2D eigenvalue weighted by molar-refractivity contribution is 0.0526. The van der Waals surface area contributed by atoms with Crippen LogP contribution in [0.15, 0.2) is 60.0 Å². The molecule has 0 fully saturated rings. The quantitative estimate of drug-likeness (QED) is 0.364. The molecule has 0 bridgehead atoms. The summed E-state index contributed by atoms with van der Waals surface area (Å²) in [5.41, 5.74) is 3.74. The van der Waals surface area contributed by atoms with Crippen molar-refractivity contribution < 1.29 is 23.8 Å². The molecule has 4 aromatic rings. The Bertz CT molecular complexity index is 1380. The summed E-state index contributed by atoms with van der Waals surface area (Å²) >= 11 is 1.56. The third kappa shape index (κ3) is 3.83. The Balaban J connectivity index is 1.67. The first-order valence-electron chi connectivity index (χ1n) is 11.0. The fourth-order valence-corrected chi connectivity index (χ4v) is 5.06. The maximum absolute atomic E-state index is 13.7. The largest absolute Gasteiger partial charge is 0.497 e. The van der Waals surface area contributed by atoms with E-state index >= 15 is 0 Å². The zero-order chi connectivity index (χ0) is 24.5. The first kappa shape index (κ1) is 22.7. The highest BCUT2D eigenvalue weighted by Gasteiger charge is 2.44. The van der Waals surface area contributed by atoms with Crippen molar-refractivity contribution in [2.45, 2.75) is 13.0 Å². The second-order valence-electron chi connectivity index (χ2n) is 7.79. The van der Waals surface area contributed by atoms with Crippen LogP contribution in [-0.2, 0) is 4.74 Å². The van der Waals surface area contributed by atoms with Crippen molar-refractivity contribution in [1.82, 2.24) is 10.2 Å². The van der Waals surface area contributed by atoms with Crippen LogP contribution < -0.4 is 14.4 Å². The van der Waals surface area contributed by atoms with Crippen molar-refractivity contribution in [3.63, 3.8) is 0 Å². The number of fused-ring (bicyclic) bond motifs is 1. The van der Waals surface area contributed by atoms with E-state index in [1.165, 1.54) is 0 Å². The molecule has 1 aliphatic rings. The van der Waals surface area contributed by atoms with E-state index in [0.717, 1.165) is 21.7 Å². The summed E-state index contributed by atoms with van der Waals surface area (Å²) in [6.45, 7) is 2.05. The number of carbonyl (C=O) groups excluding carboxylic acids is 2. The Morgan fingerprint density at radius 2 is 1.91 bits per heavy atom. The van der Waals surface area contributed by atoms with E-state index in [1.807, 2.05) is 29.6 Å². The number of anilines is 1. The van der Waals surface area contributed by atoms with Crippen molar-refractivity contribution in [2.24, 2.45) is 0 Å². The van der Waals surface area contributed by atoms with E-state index in [4.69, 9.17) is 14.2 Å². The van der Waals surface area contributed by atoms with Gasteiger partial charge in [-0.1, -0.05) is 6.07 Å². The van der Waals surface area contributed by atoms with Gasteiger partial charge in [0, 0.05) is 22.9 Å². The summed E-state index contributed by atoms with van der Waals surface area (Å²) in [7, 11) is 3.18. The first-order chi connectivity index (χ1) is 17.1. The lowest BCUT2D eigenvalue weighted by Crippen LogP contribution is -2.29. The maximum atomic E-state index is 13.7. The highest BCUT2D eigenvalue weighted by atomic mass is 32.1. The fraction of sp³-hybridized carbons (Fsp3) is 0.192. The minimum Gasteiger partial charge on any atom is -0.497 e. The van der Waals surface area contributed by atoms with E-state index in [-0.39, 0.29) is 12.5 Å². The van der Waals surface area contributed by atoms with Crippen molar-refractivity contribution in [3.05, 3.63) is 82.4 Å². The number of nitrogens with zero attached hydrogens (tertiary/aromatic N) is 2. The van der Waals surface area contributed by atoms with Crippen molar-refractivity contribution in [1.29, 1.82) is 0 Å². The third-order valence-electron chi connectivity index (χ3n) is 5.92. The van der Waals surface area contributed by atoms with E-state index < -0.39 is 12.0 Å². The Morgan fingerprint density at radius 3 is 2.57 bits per heavy atom. The molecule has 9 heteroatoms. The Kier molecular flexibility index (Phi) is 6.00. The normalized spacial score (nSPS) is 14.7. The second-order valence-corrected chi connectivity index (χ2v) is 8.74. The molecule has 35 heavy (non-hydrogen) atoms. The molecular formula is C26H23N3O5S. The fourth-order valence-electron chi connectivity index (χ4n) is 4.33. The van der Waals surface area contributed by atoms with Crippen molar-refractivity contribution in [3.8, 4) is 22.1 Å². The lowest BCUT2D eigenvalue weighted by atomic mass is 9.96. The van der Waals surface area contributed by atoms with Gasteiger partial charge in [-0.2, -0.15) is 5.10 Å². The van der Waals surface area contributed by atoms with Gasteiger partial charge in [0.05, 0.1) is 43.0 Å². The van der Waals surface area contributed by atoms with E-state index in [1.54, 1.807) is 67.7 Å². The number of rotatable bonds is 7. The molecule has 0 saturated heterocycles. The van der Waals surface area contributed by atoms with Crippen LogP contribution in [0.4, 0.5) is 5.69 Å². The smallest absolute Gasteiger partial charge is 0.338 e. The number of benzene rings is 2. The van der Waals surface area contributed by atoms with Gasteiger partial charge in [0.25, 0.3) is 5.91 Å². The third-order valence-corrected chi connectivity index (χ3v) is 6.80. The van der Waals surface area contributed by atoms with Gasteiger partial charge < -0.3 is 14.2 Å². The number of ether oxygens (including phenoxy) is 3. The molecular weight excluding hydrogens is 466 g/mol. The number of amides is 1. The van der Waals surface area contributed by atoms with Gasteiger partial charge >= 0.3 is 5.97 Å². The van der Waals surface area contributed by atoms with Crippen LogP contribution in [0.25, 0.3) is 10.6 Å². The van der Waals surface area contributed by atoms with Crippen LogP contribution in [0, 0.1) is 0 Å². The van der Waals surface area contributed by atoms with Crippen LogP contribution in [0.2, 0.25) is 0 Å². The van der Waals surface area contributed by atoms with Crippen LogP contribution in [0.3, 0.4) is 0 Å². The average Bonchev–Trinajstić information content (AvgIpc) is 3.62. The number of aromatic amines is 1. The Morgan fingerprint density at radius 1 is 1.11 bits per heavy atom. The van der Waals surface area contributed by atoms with Gasteiger partial charge in [-0.25, -0.2) is 4.79 Å². The number of H-pyrrole nitrogens is 1. The number of hydrogen-bond acceptors (Lipinski definition) is 7. The Labute approximate surface area is 206 Å². The maximum Gasteiger partial charge on any atom is 0.338 e. The number of carbonyl (C=O) groups is 2. The lowest BCUT2D eigenvalue weighted by Gasteiger charge is -2.28. The van der Waals surface area contributed by atoms with Crippen LogP contribution in [-0.4, -0.2) is 42.9 Å².